The Balaban J connectivity index is 1.44. The maximum atomic E-state index is 12.4. The van der Waals surface area contributed by atoms with Gasteiger partial charge in [0.05, 0.1) is 10.3 Å². The molecule has 0 spiro atoms. The fourth-order valence-electron chi connectivity index (χ4n) is 3.00. The number of furan rings is 1. The summed E-state index contributed by atoms with van der Waals surface area (Å²) in [5, 5.41) is 6.55. The molecule has 0 bridgehead atoms. The molecule has 0 aliphatic heterocycles. The van der Waals surface area contributed by atoms with E-state index in [0.717, 1.165) is 0 Å². The lowest BCUT2D eigenvalue weighted by molar-refractivity contribution is 0.0828. The number of aromatic amines is 1. The Labute approximate surface area is 181 Å². The summed E-state index contributed by atoms with van der Waals surface area (Å²) in [6.45, 7) is 0. The van der Waals surface area contributed by atoms with Gasteiger partial charge in [0.15, 0.2) is 21.3 Å². The van der Waals surface area contributed by atoms with Gasteiger partial charge in [0, 0.05) is 5.39 Å². The molecule has 2 heterocycles. The fourth-order valence-corrected chi connectivity index (χ4v) is 4.27. The second-order valence-electron chi connectivity index (χ2n) is 6.69. The van der Waals surface area contributed by atoms with E-state index in [-0.39, 0.29) is 27.5 Å². The molecule has 11 heteroatoms. The summed E-state index contributed by atoms with van der Waals surface area (Å²) in [7, 11) is -3.64. The average molecular weight is 452 g/mol. The van der Waals surface area contributed by atoms with E-state index in [1.807, 2.05) is 0 Å². The number of hydrazine groups is 1. The van der Waals surface area contributed by atoms with Crippen LogP contribution >= 0.6 is 0 Å². The normalized spacial score (nSPS) is 11.2. The number of carbonyl (C=O) groups is 2. The molecule has 0 fully saturated rings. The SMILES string of the molecule is O=C(NNC(=O)c1n[nH]c(=O)c2ccccc12)c1ccc(CS(=O)(=O)c2ccccc2)o1. The van der Waals surface area contributed by atoms with Crippen LogP contribution in [0, 0.1) is 0 Å². The van der Waals surface area contributed by atoms with E-state index in [4.69, 9.17) is 4.42 Å². The van der Waals surface area contributed by atoms with Gasteiger partial charge in [-0.25, -0.2) is 13.5 Å². The summed E-state index contributed by atoms with van der Waals surface area (Å²) in [5.74, 6) is -2.11. The second kappa shape index (κ2) is 8.47. The van der Waals surface area contributed by atoms with Crippen molar-refractivity contribution in [3.8, 4) is 0 Å². The van der Waals surface area contributed by atoms with E-state index in [0.29, 0.717) is 5.39 Å². The third kappa shape index (κ3) is 4.27. The molecule has 2 amide bonds. The van der Waals surface area contributed by atoms with Crippen molar-refractivity contribution in [1.29, 1.82) is 0 Å². The van der Waals surface area contributed by atoms with Gasteiger partial charge in [-0.2, -0.15) is 5.10 Å². The van der Waals surface area contributed by atoms with Crippen LogP contribution in [-0.4, -0.2) is 30.4 Å². The van der Waals surface area contributed by atoms with Crippen molar-refractivity contribution >= 4 is 32.4 Å². The quantitative estimate of drug-likeness (QED) is 0.389. The monoisotopic (exact) mass is 452 g/mol. The van der Waals surface area contributed by atoms with Gasteiger partial charge in [-0.15, -0.1) is 0 Å². The van der Waals surface area contributed by atoms with E-state index >= 15 is 0 Å². The lowest BCUT2D eigenvalue weighted by atomic mass is 10.1. The molecule has 2 aromatic carbocycles. The lowest BCUT2D eigenvalue weighted by Crippen LogP contribution is -2.42. The number of H-pyrrole nitrogens is 1. The number of hydrogen-bond acceptors (Lipinski definition) is 7. The van der Waals surface area contributed by atoms with Crippen LogP contribution in [0.3, 0.4) is 0 Å². The predicted molar refractivity (Wildman–Crippen MR) is 113 cm³/mol. The minimum atomic E-state index is -3.64. The van der Waals surface area contributed by atoms with Gasteiger partial charge in [0.2, 0.25) is 0 Å². The summed E-state index contributed by atoms with van der Waals surface area (Å²) < 4.78 is 30.2. The van der Waals surface area contributed by atoms with Crippen LogP contribution in [0.4, 0.5) is 0 Å². The summed E-state index contributed by atoms with van der Waals surface area (Å²) >= 11 is 0. The molecule has 0 aliphatic rings. The van der Waals surface area contributed by atoms with Crippen molar-refractivity contribution in [3.63, 3.8) is 0 Å². The number of sulfone groups is 1. The Bertz CT molecular complexity index is 1470. The van der Waals surface area contributed by atoms with Gasteiger partial charge >= 0.3 is 5.91 Å². The first kappa shape index (κ1) is 21.0. The Morgan fingerprint density at radius 2 is 1.53 bits per heavy atom. The van der Waals surface area contributed by atoms with Crippen LogP contribution in [0.1, 0.15) is 26.8 Å². The van der Waals surface area contributed by atoms with Crippen molar-refractivity contribution in [2.75, 3.05) is 0 Å². The van der Waals surface area contributed by atoms with Crippen molar-refractivity contribution in [3.05, 3.63) is 94.3 Å². The van der Waals surface area contributed by atoms with Crippen LogP contribution in [0.15, 0.2) is 80.8 Å². The topological polar surface area (TPSA) is 151 Å². The third-order valence-electron chi connectivity index (χ3n) is 4.52. The summed E-state index contributed by atoms with van der Waals surface area (Å²) in [6.07, 6.45) is 0. The van der Waals surface area contributed by atoms with Crippen LogP contribution in [0.25, 0.3) is 10.8 Å². The number of amides is 2. The summed E-state index contributed by atoms with van der Waals surface area (Å²) in [5.41, 5.74) is 3.82. The molecule has 2 aromatic heterocycles. The van der Waals surface area contributed by atoms with Crippen molar-refractivity contribution in [1.82, 2.24) is 21.0 Å². The average Bonchev–Trinajstić information content (AvgIpc) is 3.26. The number of nitrogens with one attached hydrogen (secondary N) is 3. The highest BCUT2D eigenvalue weighted by molar-refractivity contribution is 7.90. The van der Waals surface area contributed by atoms with E-state index < -0.39 is 33.0 Å². The van der Waals surface area contributed by atoms with Gasteiger partial charge in [-0.1, -0.05) is 36.4 Å². The maximum absolute atomic E-state index is 12.4. The highest BCUT2D eigenvalue weighted by atomic mass is 32.2. The zero-order valence-corrected chi connectivity index (χ0v) is 17.2. The molecular weight excluding hydrogens is 436 g/mol. The Hall–Kier alpha value is -4.25. The van der Waals surface area contributed by atoms with Gasteiger partial charge < -0.3 is 4.42 Å². The van der Waals surface area contributed by atoms with E-state index in [1.165, 1.54) is 24.3 Å². The molecule has 162 valence electrons. The molecule has 3 N–H and O–H groups in total. The summed E-state index contributed by atoms with van der Waals surface area (Å²) in [6, 6.07) is 16.9. The third-order valence-corrected chi connectivity index (χ3v) is 6.18. The Morgan fingerprint density at radius 1 is 0.875 bits per heavy atom. The molecule has 0 aliphatic carbocycles. The number of hydrogen-bond donors (Lipinski definition) is 3. The number of aromatic nitrogens is 2. The standard InChI is InChI=1S/C21H16N4O6S/c26-19-16-9-5-4-8-15(16)18(22-23-19)21(28)25-24-20(27)17-11-10-13(31-17)12-32(29,30)14-6-2-1-3-7-14/h1-11H,12H2,(H,23,26)(H,24,27)(H,25,28). The molecule has 32 heavy (non-hydrogen) atoms. The Morgan fingerprint density at radius 3 is 2.28 bits per heavy atom. The Kier molecular flexibility index (Phi) is 5.56. The largest absolute Gasteiger partial charge is 0.455 e. The molecule has 4 aromatic rings. The molecule has 0 atom stereocenters. The number of nitrogens with zero attached hydrogens (tertiary/aromatic N) is 1. The maximum Gasteiger partial charge on any atom is 0.305 e. The number of rotatable bonds is 5. The molecule has 0 saturated heterocycles. The van der Waals surface area contributed by atoms with E-state index in [2.05, 4.69) is 21.0 Å². The van der Waals surface area contributed by atoms with Crippen molar-refractivity contribution < 1.29 is 22.4 Å². The highest BCUT2D eigenvalue weighted by Crippen LogP contribution is 2.18. The van der Waals surface area contributed by atoms with Crippen LogP contribution in [-0.2, 0) is 15.6 Å². The van der Waals surface area contributed by atoms with E-state index in [9.17, 15) is 22.8 Å². The predicted octanol–water partition coefficient (Wildman–Crippen LogP) is 1.56. The molecule has 0 unspecified atom stereocenters. The van der Waals surface area contributed by atoms with Crippen molar-refractivity contribution in [2.45, 2.75) is 10.6 Å². The number of carbonyl (C=O) groups excluding carboxylic acids is 2. The van der Waals surface area contributed by atoms with Crippen LogP contribution in [0.5, 0.6) is 0 Å². The molecule has 10 nitrogen and oxygen atoms in total. The number of benzene rings is 2. The first-order chi connectivity index (χ1) is 15.3. The first-order valence-electron chi connectivity index (χ1n) is 9.30. The van der Waals surface area contributed by atoms with Crippen LogP contribution in [0.2, 0.25) is 0 Å². The highest BCUT2D eigenvalue weighted by Gasteiger charge is 2.20. The minimum absolute atomic E-state index is 0.0682. The second-order valence-corrected chi connectivity index (χ2v) is 8.68. The van der Waals surface area contributed by atoms with E-state index in [1.54, 1.807) is 42.5 Å². The molecule has 0 radical (unpaired) electrons. The minimum Gasteiger partial charge on any atom is -0.455 e. The molecular formula is C21H16N4O6S. The van der Waals surface area contributed by atoms with Crippen LogP contribution < -0.4 is 16.4 Å². The zero-order chi connectivity index (χ0) is 22.7. The zero-order valence-electron chi connectivity index (χ0n) is 16.4. The molecule has 0 saturated carbocycles. The molecule has 4 rings (SSSR count). The van der Waals surface area contributed by atoms with Gasteiger partial charge in [-0.3, -0.25) is 25.2 Å². The number of fused-ring (bicyclic) bond motifs is 1. The van der Waals surface area contributed by atoms with Gasteiger partial charge in [-0.05, 0) is 30.3 Å². The smallest absolute Gasteiger partial charge is 0.305 e. The van der Waals surface area contributed by atoms with Crippen molar-refractivity contribution in [2.24, 2.45) is 0 Å². The van der Waals surface area contributed by atoms with Gasteiger partial charge in [0.25, 0.3) is 11.5 Å². The van der Waals surface area contributed by atoms with Gasteiger partial charge in [0.1, 0.15) is 11.5 Å². The summed E-state index contributed by atoms with van der Waals surface area (Å²) in [4.78, 5) is 36.7. The first-order valence-corrected chi connectivity index (χ1v) is 10.9. The lowest BCUT2D eigenvalue weighted by Gasteiger charge is -2.07. The fraction of sp³-hybridized carbons (Fsp3) is 0.0476.